The first-order chi connectivity index (χ1) is 16.1. The van der Waals surface area contributed by atoms with Crippen molar-refractivity contribution in [2.45, 2.75) is 62.7 Å². The summed E-state index contributed by atoms with van der Waals surface area (Å²) in [4.78, 5) is 5.38. The molecule has 1 N–H and O–H groups in total. The van der Waals surface area contributed by atoms with Crippen LogP contribution >= 0.6 is 0 Å². The van der Waals surface area contributed by atoms with Gasteiger partial charge in [0, 0.05) is 36.9 Å². The van der Waals surface area contributed by atoms with Crippen molar-refractivity contribution < 1.29 is 0 Å². The standard InChI is InChI=1S/C30H35N3/c1-3-12-32-18-25(19-32)31-24-10-8-22(9-11-24)29-28-14-23-6-4-5-7-26(23)27(28)13-20(2)33(29)30-15-21(16-30)17-30/h3-11,20-21,25,29,31H,1,12-19H2,2H3/t20-,21?,29-,30?/m1/s1. The molecule has 170 valence electrons. The first-order valence-electron chi connectivity index (χ1n) is 12.9. The van der Waals surface area contributed by atoms with Gasteiger partial charge in [-0.3, -0.25) is 9.80 Å². The summed E-state index contributed by atoms with van der Waals surface area (Å²) in [6, 6.07) is 20.2. The fourth-order valence-electron chi connectivity index (χ4n) is 7.61. The molecule has 6 aliphatic rings. The third kappa shape index (κ3) is 3.02. The van der Waals surface area contributed by atoms with Gasteiger partial charge in [-0.25, -0.2) is 0 Å². The number of nitrogens with zero attached hydrogens (tertiary/aromatic N) is 2. The number of likely N-dealkylation sites (tertiary alicyclic amines) is 1. The minimum absolute atomic E-state index is 0.429. The Morgan fingerprint density at radius 1 is 1.06 bits per heavy atom. The van der Waals surface area contributed by atoms with E-state index in [-0.39, 0.29) is 0 Å². The zero-order valence-electron chi connectivity index (χ0n) is 19.8. The molecular weight excluding hydrogens is 402 g/mol. The highest BCUT2D eigenvalue weighted by molar-refractivity contribution is 5.79. The van der Waals surface area contributed by atoms with Crippen LogP contribution in [0.5, 0.6) is 0 Å². The number of rotatable bonds is 6. The van der Waals surface area contributed by atoms with E-state index in [1.807, 2.05) is 6.08 Å². The maximum absolute atomic E-state index is 3.85. The largest absolute Gasteiger partial charge is 0.380 e. The van der Waals surface area contributed by atoms with Crippen LogP contribution in [0.2, 0.25) is 0 Å². The van der Waals surface area contributed by atoms with E-state index in [2.05, 4.69) is 77.2 Å². The predicted molar refractivity (Wildman–Crippen MR) is 136 cm³/mol. The van der Waals surface area contributed by atoms with Gasteiger partial charge in [0.2, 0.25) is 0 Å². The van der Waals surface area contributed by atoms with Crippen molar-refractivity contribution in [2.75, 3.05) is 25.0 Å². The molecule has 2 heterocycles. The Bertz CT molecular complexity index is 1110. The third-order valence-electron chi connectivity index (χ3n) is 9.19. The van der Waals surface area contributed by atoms with Crippen molar-refractivity contribution in [3.63, 3.8) is 0 Å². The van der Waals surface area contributed by atoms with Gasteiger partial charge in [-0.1, -0.05) is 42.5 Å². The van der Waals surface area contributed by atoms with E-state index < -0.39 is 0 Å². The van der Waals surface area contributed by atoms with Crippen LogP contribution in [-0.2, 0) is 6.42 Å². The summed E-state index contributed by atoms with van der Waals surface area (Å²) in [5.74, 6) is 1.00. The fraction of sp³-hybridized carbons (Fsp3) is 0.467. The number of benzene rings is 2. The van der Waals surface area contributed by atoms with Crippen LogP contribution in [0.25, 0.3) is 5.57 Å². The van der Waals surface area contributed by atoms with Crippen molar-refractivity contribution in [3.8, 4) is 0 Å². The lowest BCUT2D eigenvalue weighted by Gasteiger charge is -2.70. The van der Waals surface area contributed by atoms with Gasteiger partial charge in [0.05, 0.1) is 12.1 Å². The van der Waals surface area contributed by atoms with Crippen LogP contribution < -0.4 is 5.32 Å². The Kier molecular flexibility index (Phi) is 4.45. The molecule has 0 spiro atoms. The maximum Gasteiger partial charge on any atom is 0.0578 e. The van der Waals surface area contributed by atoms with Gasteiger partial charge in [0.15, 0.2) is 0 Å². The number of nitrogens with one attached hydrogen (secondary N) is 1. The van der Waals surface area contributed by atoms with Crippen LogP contribution in [0, 0.1) is 5.92 Å². The first-order valence-corrected chi connectivity index (χ1v) is 12.9. The number of hydrogen-bond acceptors (Lipinski definition) is 3. The van der Waals surface area contributed by atoms with Gasteiger partial charge >= 0.3 is 0 Å². The summed E-state index contributed by atoms with van der Waals surface area (Å²) in [5, 5.41) is 3.74. The van der Waals surface area contributed by atoms with E-state index in [4.69, 9.17) is 0 Å². The van der Waals surface area contributed by atoms with Gasteiger partial charge in [-0.2, -0.15) is 0 Å². The van der Waals surface area contributed by atoms with Crippen molar-refractivity contribution in [1.29, 1.82) is 0 Å². The van der Waals surface area contributed by atoms with Gasteiger partial charge in [0.25, 0.3) is 0 Å². The Morgan fingerprint density at radius 3 is 2.52 bits per heavy atom. The van der Waals surface area contributed by atoms with Gasteiger partial charge < -0.3 is 5.32 Å². The zero-order valence-corrected chi connectivity index (χ0v) is 19.8. The van der Waals surface area contributed by atoms with Crippen LogP contribution in [-0.4, -0.2) is 47.1 Å². The lowest BCUT2D eigenvalue weighted by Crippen LogP contribution is -2.71. The Morgan fingerprint density at radius 2 is 1.82 bits per heavy atom. The molecule has 2 aromatic carbocycles. The Hall–Kier alpha value is -2.36. The molecule has 4 fully saturated rings. The van der Waals surface area contributed by atoms with Gasteiger partial charge in [-0.05, 0) is 84.9 Å². The van der Waals surface area contributed by atoms with Gasteiger partial charge in [0.1, 0.15) is 0 Å². The quantitative estimate of drug-likeness (QED) is 0.588. The number of anilines is 1. The molecule has 0 aromatic heterocycles. The van der Waals surface area contributed by atoms with Crippen LogP contribution in [0.4, 0.5) is 5.69 Å². The molecule has 2 aliphatic heterocycles. The van der Waals surface area contributed by atoms with Gasteiger partial charge in [-0.15, -0.1) is 6.58 Å². The zero-order chi connectivity index (χ0) is 22.2. The highest BCUT2D eigenvalue weighted by Crippen LogP contribution is 2.65. The lowest BCUT2D eigenvalue weighted by atomic mass is 9.48. The molecule has 0 amide bonds. The maximum atomic E-state index is 3.85. The summed E-state index contributed by atoms with van der Waals surface area (Å²) in [7, 11) is 0. The second-order valence-electron chi connectivity index (χ2n) is 11.4. The second-order valence-corrected chi connectivity index (χ2v) is 11.4. The molecule has 0 radical (unpaired) electrons. The van der Waals surface area contributed by atoms with E-state index in [0.717, 1.165) is 32.0 Å². The fourth-order valence-corrected chi connectivity index (χ4v) is 7.61. The predicted octanol–water partition coefficient (Wildman–Crippen LogP) is 5.67. The van der Waals surface area contributed by atoms with E-state index in [9.17, 15) is 0 Å². The average molecular weight is 438 g/mol. The van der Waals surface area contributed by atoms with E-state index in [1.54, 1.807) is 11.1 Å². The molecule has 2 atom stereocenters. The van der Waals surface area contributed by atoms with E-state index in [0.29, 0.717) is 23.7 Å². The molecule has 1 saturated heterocycles. The molecule has 2 aromatic rings. The number of fused-ring (bicyclic) bond motifs is 2. The average Bonchev–Trinajstić information content (AvgIpc) is 3.09. The molecular formula is C30H35N3. The minimum atomic E-state index is 0.429. The second kappa shape index (κ2) is 7.32. The van der Waals surface area contributed by atoms with Crippen molar-refractivity contribution in [3.05, 3.63) is 83.4 Å². The molecule has 33 heavy (non-hydrogen) atoms. The highest BCUT2D eigenvalue weighted by Gasteiger charge is 2.63. The van der Waals surface area contributed by atoms with E-state index >= 15 is 0 Å². The summed E-state index contributed by atoms with van der Waals surface area (Å²) in [5.41, 5.74) is 9.59. The minimum Gasteiger partial charge on any atom is -0.380 e. The molecule has 4 aliphatic carbocycles. The van der Waals surface area contributed by atoms with Crippen molar-refractivity contribution in [1.82, 2.24) is 9.80 Å². The smallest absolute Gasteiger partial charge is 0.0578 e. The molecule has 3 heteroatoms. The molecule has 8 rings (SSSR count). The molecule has 3 saturated carbocycles. The van der Waals surface area contributed by atoms with E-state index in [1.165, 1.54) is 48.1 Å². The topological polar surface area (TPSA) is 18.5 Å². The van der Waals surface area contributed by atoms with Crippen LogP contribution in [0.15, 0.2) is 66.8 Å². The summed E-state index contributed by atoms with van der Waals surface area (Å²) < 4.78 is 0. The van der Waals surface area contributed by atoms with Crippen LogP contribution in [0.1, 0.15) is 55.3 Å². The normalized spacial score (nSPS) is 32.9. The molecule has 2 bridgehead atoms. The summed E-state index contributed by atoms with van der Waals surface area (Å²) in [6.07, 6.45) is 8.60. The summed E-state index contributed by atoms with van der Waals surface area (Å²) >= 11 is 0. The molecule has 0 unspecified atom stereocenters. The SMILES string of the molecule is C=CCN1CC(Nc2ccc([C@@H]3C4=C(C[C@@H](C)N3C35CC(C3)C5)c3ccccc3C4)cc2)C1. The molecule has 3 nitrogen and oxygen atoms in total. The van der Waals surface area contributed by atoms with Crippen LogP contribution in [0.3, 0.4) is 0 Å². The van der Waals surface area contributed by atoms with Crippen molar-refractivity contribution >= 4 is 11.3 Å². The van der Waals surface area contributed by atoms with Crippen molar-refractivity contribution in [2.24, 2.45) is 5.92 Å². The Balaban J connectivity index is 1.19. The third-order valence-corrected chi connectivity index (χ3v) is 9.19. The lowest BCUT2D eigenvalue weighted by molar-refractivity contribution is -0.173. The number of hydrogen-bond donors (Lipinski definition) is 1. The first kappa shape index (κ1) is 20.1. The highest BCUT2D eigenvalue weighted by atomic mass is 15.3. The Labute approximate surface area is 198 Å². The summed E-state index contributed by atoms with van der Waals surface area (Å²) in [6.45, 7) is 9.56. The monoisotopic (exact) mass is 437 g/mol.